The minimum Gasteiger partial charge on any atom is -0.481 e. The Kier molecular flexibility index (Phi) is 3.61. The molecule has 0 aromatic carbocycles. The van der Waals surface area contributed by atoms with Gasteiger partial charge in [-0.15, -0.1) is 11.3 Å². The van der Waals surface area contributed by atoms with Gasteiger partial charge in [0.15, 0.2) is 0 Å². The quantitative estimate of drug-likeness (QED) is 0.874. The normalized spacial score (nSPS) is 26.1. The lowest BCUT2D eigenvalue weighted by Crippen LogP contribution is -2.34. The fourth-order valence-electron chi connectivity index (χ4n) is 2.36. The van der Waals surface area contributed by atoms with E-state index in [1.54, 1.807) is 11.3 Å². The van der Waals surface area contributed by atoms with E-state index in [0.717, 1.165) is 25.9 Å². The van der Waals surface area contributed by atoms with Gasteiger partial charge in [0.25, 0.3) is 0 Å². The summed E-state index contributed by atoms with van der Waals surface area (Å²) in [5.74, 6) is -0.825. The first-order valence-electron chi connectivity index (χ1n) is 5.67. The predicted octanol–water partition coefficient (Wildman–Crippen LogP) is 2.09. The van der Waals surface area contributed by atoms with Crippen LogP contribution >= 0.6 is 11.3 Å². The van der Waals surface area contributed by atoms with Gasteiger partial charge in [0.05, 0.1) is 5.92 Å². The second-order valence-corrected chi connectivity index (χ2v) is 5.37. The molecular weight excluding hydrogens is 222 g/mol. The number of aliphatic carboxylic acids is 1. The fourth-order valence-corrected chi connectivity index (χ4v) is 3.06. The molecular formula is C12H17NO2S. The Balaban J connectivity index is 1.85. The summed E-state index contributed by atoms with van der Waals surface area (Å²) < 4.78 is 0. The van der Waals surface area contributed by atoms with Gasteiger partial charge in [-0.25, -0.2) is 0 Å². The third kappa shape index (κ3) is 2.44. The summed E-state index contributed by atoms with van der Waals surface area (Å²) >= 11 is 1.77. The molecule has 1 N–H and O–H groups in total. The molecule has 1 aliphatic heterocycles. The van der Waals surface area contributed by atoms with Gasteiger partial charge < -0.3 is 5.11 Å². The van der Waals surface area contributed by atoms with Crippen molar-refractivity contribution in [2.75, 3.05) is 13.1 Å². The van der Waals surface area contributed by atoms with Crippen LogP contribution in [0.2, 0.25) is 0 Å². The second-order valence-electron chi connectivity index (χ2n) is 4.34. The third-order valence-corrected chi connectivity index (χ3v) is 4.36. The molecule has 4 heteroatoms. The van der Waals surface area contributed by atoms with Crippen LogP contribution in [0.3, 0.4) is 0 Å². The van der Waals surface area contributed by atoms with E-state index in [2.05, 4.69) is 22.4 Å². The van der Waals surface area contributed by atoms with Crippen molar-refractivity contribution in [3.63, 3.8) is 0 Å². The Morgan fingerprint density at radius 2 is 2.50 bits per heavy atom. The zero-order valence-corrected chi connectivity index (χ0v) is 10.2. The van der Waals surface area contributed by atoms with Crippen molar-refractivity contribution >= 4 is 17.3 Å². The summed E-state index contributed by atoms with van der Waals surface area (Å²) in [5.41, 5.74) is 0. The topological polar surface area (TPSA) is 40.5 Å². The first kappa shape index (κ1) is 11.6. The highest BCUT2D eigenvalue weighted by Gasteiger charge is 2.34. The zero-order chi connectivity index (χ0) is 11.5. The van der Waals surface area contributed by atoms with Crippen molar-refractivity contribution in [1.82, 2.24) is 4.90 Å². The number of nitrogens with zero attached hydrogens (tertiary/aromatic N) is 1. The highest BCUT2D eigenvalue weighted by molar-refractivity contribution is 7.09. The van der Waals surface area contributed by atoms with Crippen molar-refractivity contribution in [1.29, 1.82) is 0 Å². The number of carboxylic acid groups (broad SMARTS) is 1. The summed E-state index contributed by atoms with van der Waals surface area (Å²) in [6, 6.07) is 4.38. The van der Waals surface area contributed by atoms with Crippen LogP contribution in [0.5, 0.6) is 0 Å². The van der Waals surface area contributed by atoms with Crippen LogP contribution in [0.4, 0.5) is 0 Å². The largest absolute Gasteiger partial charge is 0.481 e. The van der Waals surface area contributed by atoms with Crippen LogP contribution in [0.25, 0.3) is 0 Å². The van der Waals surface area contributed by atoms with Crippen molar-refractivity contribution in [3.05, 3.63) is 22.4 Å². The Morgan fingerprint density at radius 3 is 3.06 bits per heavy atom. The summed E-state index contributed by atoms with van der Waals surface area (Å²) in [7, 11) is 0. The van der Waals surface area contributed by atoms with Gasteiger partial charge in [-0.2, -0.15) is 0 Å². The zero-order valence-electron chi connectivity index (χ0n) is 9.43. The minimum absolute atomic E-state index is 0.177. The van der Waals surface area contributed by atoms with Gasteiger partial charge >= 0.3 is 5.97 Å². The molecule has 0 bridgehead atoms. The number of carbonyl (C=O) groups is 1. The Labute approximate surface area is 99.7 Å². The average molecular weight is 239 g/mol. The first-order valence-corrected chi connectivity index (χ1v) is 6.55. The molecule has 2 rings (SSSR count). The maximum absolute atomic E-state index is 11.0. The minimum atomic E-state index is -0.647. The number of thiophene rings is 1. The molecule has 2 heterocycles. The van der Waals surface area contributed by atoms with Gasteiger partial charge in [-0.3, -0.25) is 9.69 Å². The molecule has 0 radical (unpaired) electrons. The summed E-state index contributed by atoms with van der Waals surface area (Å²) in [4.78, 5) is 14.6. The summed E-state index contributed by atoms with van der Waals surface area (Å²) in [5, 5.41) is 11.1. The van der Waals surface area contributed by atoms with Crippen LogP contribution in [0.1, 0.15) is 18.2 Å². The molecule has 0 aliphatic carbocycles. The maximum Gasteiger partial charge on any atom is 0.308 e. The molecule has 0 amide bonds. The second kappa shape index (κ2) is 4.97. The molecule has 2 atom stereocenters. The van der Waals surface area contributed by atoms with E-state index in [4.69, 9.17) is 5.11 Å². The van der Waals surface area contributed by atoms with E-state index in [-0.39, 0.29) is 12.0 Å². The number of likely N-dealkylation sites (tertiary alicyclic amines) is 1. The van der Waals surface area contributed by atoms with Gasteiger partial charge in [-0.05, 0) is 37.8 Å². The van der Waals surface area contributed by atoms with E-state index < -0.39 is 5.97 Å². The van der Waals surface area contributed by atoms with E-state index in [9.17, 15) is 4.79 Å². The van der Waals surface area contributed by atoms with Crippen LogP contribution in [-0.4, -0.2) is 35.1 Å². The van der Waals surface area contributed by atoms with Crippen molar-refractivity contribution in [2.24, 2.45) is 5.92 Å². The molecule has 1 aliphatic rings. The van der Waals surface area contributed by atoms with Crippen molar-refractivity contribution in [3.8, 4) is 0 Å². The van der Waals surface area contributed by atoms with Crippen molar-refractivity contribution < 1.29 is 9.90 Å². The van der Waals surface area contributed by atoms with Crippen molar-refractivity contribution in [2.45, 2.75) is 25.8 Å². The average Bonchev–Trinajstić information content (AvgIpc) is 2.84. The third-order valence-electron chi connectivity index (χ3n) is 3.43. The number of hydrogen-bond donors (Lipinski definition) is 1. The number of rotatable bonds is 4. The molecule has 1 saturated heterocycles. The van der Waals surface area contributed by atoms with E-state index in [0.29, 0.717) is 0 Å². The SMILES string of the molecule is CC1C(C(=O)O)CCN1CCc1cccs1. The summed E-state index contributed by atoms with van der Waals surface area (Å²) in [6.07, 6.45) is 1.83. The fraction of sp³-hybridized carbons (Fsp3) is 0.583. The molecule has 1 fully saturated rings. The Morgan fingerprint density at radius 1 is 1.69 bits per heavy atom. The van der Waals surface area contributed by atoms with E-state index in [1.807, 2.05) is 6.92 Å². The molecule has 2 unspecified atom stereocenters. The standard InChI is InChI=1S/C12H17NO2S/c1-9-11(12(14)15)5-7-13(9)6-4-10-3-2-8-16-10/h2-3,8-9,11H,4-7H2,1H3,(H,14,15). The number of hydrogen-bond acceptors (Lipinski definition) is 3. The van der Waals surface area contributed by atoms with Crippen LogP contribution in [0.15, 0.2) is 17.5 Å². The molecule has 3 nitrogen and oxygen atoms in total. The molecule has 1 aromatic heterocycles. The monoisotopic (exact) mass is 239 g/mol. The van der Waals surface area contributed by atoms with Gasteiger partial charge in [0, 0.05) is 17.5 Å². The van der Waals surface area contributed by atoms with Gasteiger partial charge in [0.2, 0.25) is 0 Å². The summed E-state index contributed by atoms with van der Waals surface area (Å²) in [6.45, 7) is 3.93. The lowest BCUT2D eigenvalue weighted by atomic mass is 10.0. The maximum atomic E-state index is 11.0. The van der Waals surface area contributed by atoms with Gasteiger partial charge in [0.1, 0.15) is 0 Å². The highest BCUT2D eigenvalue weighted by atomic mass is 32.1. The molecule has 0 spiro atoms. The van der Waals surface area contributed by atoms with E-state index >= 15 is 0 Å². The lowest BCUT2D eigenvalue weighted by Gasteiger charge is -2.22. The van der Waals surface area contributed by atoms with Crippen LogP contribution < -0.4 is 0 Å². The predicted molar refractivity (Wildman–Crippen MR) is 64.8 cm³/mol. The number of carboxylic acids is 1. The molecule has 88 valence electrons. The van der Waals surface area contributed by atoms with Crippen LogP contribution in [0, 0.1) is 5.92 Å². The smallest absolute Gasteiger partial charge is 0.308 e. The van der Waals surface area contributed by atoms with Crippen LogP contribution in [-0.2, 0) is 11.2 Å². The molecule has 16 heavy (non-hydrogen) atoms. The Hall–Kier alpha value is -0.870. The molecule has 0 saturated carbocycles. The highest BCUT2D eigenvalue weighted by Crippen LogP contribution is 2.24. The van der Waals surface area contributed by atoms with Gasteiger partial charge in [-0.1, -0.05) is 6.07 Å². The lowest BCUT2D eigenvalue weighted by molar-refractivity contribution is -0.142. The Bertz CT molecular complexity index is 350. The van der Waals surface area contributed by atoms with E-state index in [1.165, 1.54) is 4.88 Å². The molecule has 1 aromatic rings. The first-order chi connectivity index (χ1) is 7.68.